The number of carbonyl (C=O) groups excluding carboxylic acids is 1. The fourth-order valence-corrected chi connectivity index (χ4v) is 3.03. The third kappa shape index (κ3) is 7.12. The van der Waals surface area contributed by atoms with Crippen molar-refractivity contribution in [1.29, 1.82) is 0 Å². The molecule has 0 heterocycles. The third-order valence-corrected chi connectivity index (χ3v) is 4.64. The number of ether oxygens (including phenoxy) is 1. The smallest absolute Gasteiger partial charge is 0.224 e. The highest BCUT2D eigenvalue weighted by molar-refractivity contribution is 5.90. The van der Waals surface area contributed by atoms with Gasteiger partial charge in [-0.1, -0.05) is 60.6 Å². The van der Waals surface area contributed by atoms with Crippen LogP contribution in [0.3, 0.4) is 0 Å². The normalized spacial score (nSPS) is 10.9. The molecule has 2 rings (SSSR count). The van der Waals surface area contributed by atoms with E-state index in [2.05, 4.69) is 39.9 Å². The molecule has 0 bridgehead atoms. The van der Waals surface area contributed by atoms with Gasteiger partial charge in [0.1, 0.15) is 11.5 Å². The molecule has 0 aliphatic carbocycles. The van der Waals surface area contributed by atoms with Gasteiger partial charge in [0.15, 0.2) is 0 Å². The SMILES string of the molecule is CC.COc1ccc(NC(=O)CCc2cc(C(C)C)c(O)c(C(C)(C)C)c2)cc1. The molecular formula is C25H37NO3. The van der Waals surface area contributed by atoms with Gasteiger partial charge in [-0.25, -0.2) is 0 Å². The number of hydrogen-bond acceptors (Lipinski definition) is 3. The summed E-state index contributed by atoms with van der Waals surface area (Å²) in [5.74, 6) is 1.33. The molecule has 4 nitrogen and oxygen atoms in total. The molecule has 0 aliphatic rings. The lowest BCUT2D eigenvalue weighted by Crippen LogP contribution is -2.15. The number of carbonyl (C=O) groups is 1. The van der Waals surface area contributed by atoms with Gasteiger partial charge in [-0.15, -0.1) is 0 Å². The van der Waals surface area contributed by atoms with E-state index in [1.165, 1.54) is 0 Å². The zero-order valence-corrected chi connectivity index (χ0v) is 19.2. The highest BCUT2D eigenvalue weighted by Crippen LogP contribution is 2.37. The van der Waals surface area contributed by atoms with Gasteiger partial charge in [0.05, 0.1) is 7.11 Å². The minimum Gasteiger partial charge on any atom is -0.507 e. The van der Waals surface area contributed by atoms with E-state index >= 15 is 0 Å². The minimum absolute atomic E-state index is 0.0309. The summed E-state index contributed by atoms with van der Waals surface area (Å²) in [5.41, 5.74) is 3.54. The van der Waals surface area contributed by atoms with Crippen LogP contribution in [0.5, 0.6) is 11.5 Å². The van der Waals surface area contributed by atoms with Crippen LogP contribution < -0.4 is 10.1 Å². The van der Waals surface area contributed by atoms with Crippen LogP contribution in [-0.2, 0) is 16.6 Å². The van der Waals surface area contributed by atoms with Crippen molar-refractivity contribution in [3.05, 3.63) is 53.1 Å². The molecular weight excluding hydrogens is 362 g/mol. The maximum Gasteiger partial charge on any atom is 0.224 e. The van der Waals surface area contributed by atoms with Crippen molar-refractivity contribution in [3.8, 4) is 11.5 Å². The van der Waals surface area contributed by atoms with Crippen LogP contribution in [-0.4, -0.2) is 18.1 Å². The van der Waals surface area contributed by atoms with Gasteiger partial charge in [0.25, 0.3) is 0 Å². The highest BCUT2D eigenvalue weighted by Gasteiger charge is 2.22. The van der Waals surface area contributed by atoms with Crippen molar-refractivity contribution in [2.24, 2.45) is 0 Å². The van der Waals surface area contributed by atoms with E-state index in [9.17, 15) is 9.90 Å². The van der Waals surface area contributed by atoms with Crippen LogP contribution in [0.1, 0.15) is 77.5 Å². The van der Waals surface area contributed by atoms with Crippen molar-refractivity contribution in [2.75, 3.05) is 12.4 Å². The summed E-state index contributed by atoms with van der Waals surface area (Å²) >= 11 is 0. The minimum atomic E-state index is -0.158. The Morgan fingerprint density at radius 3 is 2.17 bits per heavy atom. The molecule has 29 heavy (non-hydrogen) atoms. The standard InChI is InChI=1S/C23H31NO3.C2H6/c1-15(2)19-13-16(14-20(22(19)26)23(3,4)5)7-12-21(25)24-17-8-10-18(27-6)11-9-17;1-2/h8-11,13-15,26H,7,12H2,1-6H3,(H,24,25);1-2H3. The summed E-state index contributed by atoms with van der Waals surface area (Å²) in [6, 6.07) is 11.3. The topological polar surface area (TPSA) is 58.6 Å². The number of hydrogen-bond donors (Lipinski definition) is 2. The van der Waals surface area contributed by atoms with Crippen molar-refractivity contribution < 1.29 is 14.6 Å². The van der Waals surface area contributed by atoms with Gasteiger partial charge < -0.3 is 15.2 Å². The van der Waals surface area contributed by atoms with Gasteiger partial charge in [0, 0.05) is 12.1 Å². The zero-order valence-electron chi connectivity index (χ0n) is 19.2. The fourth-order valence-electron chi connectivity index (χ4n) is 3.03. The molecule has 0 aromatic heterocycles. The summed E-state index contributed by atoms with van der Waals surface area (Å²) in [4.78, 5) is 12.3. The van der Waals surface area contributed by atoms with E-state index in [1.54, 1.807) is 7.11 Å². The van der Waals surface area contributed by atoms with Crippen LogP contribution in [0.15, 0.2) is 36.4 Å². The molecule has 0 fully saturated rings. The Hall–Kier alpha value is -2.49. The predicted octanol–water partition coefficient (Wildman–Crippen LogP) is 6.42. The molecule has 0 unspecified atom stereocenters. The second-order valence-electron chi connectivity index (χ2n) is 8.26. The average molecular weight is 400 g/mol. The van der Waals surface area contributed by atoms with Gasteiger partial charge in [-0.3, -0.25) is 4.79 Å². The molecule has 160 valence electrons. The number of benzene rings is 2. The highest BCUT2D eigenvalue weighted by atomic mass is 16.5. The summed E-state index contributed by atoms with van der Waals surface area (Å²) in [5, 5.41) is 13.6. The Morgan fingerprint density at radius 2 is 1.69 bits per heavy atom. The first kappa shape index (κ1) is 24.5. The van der Waals surface area contributed by atoms with E-state index in [0.717, 1.165) is 28.1 Å². The maximum absolute atomic E-state index is 12.3. The van der Waals surface area contributed by atoms with E-state index in [1.807, 2.05) is 50.2 Å². The first-order valence-electron chi connectivity index (χ1n) is 10.4. The first-order valence-corrected chi connectivity index (χ1v) is 10.4. The molecule has 0 spiro atoms. The third-order valence-electron chi connectivity index (χ3n) is 4.64. The number of amides is 1. The summed E-state index contributed by atoms with van der Waals surface area (Å²) in [6.45, 7) is 14.4. The Kier molecular flexibility index (Phi) is 9.22. The van der Waals surface area contributed by atoms with E-state index < -0.39 is 0 Å². The first-order chi connectivity index (χ1) is 13.6. The molecule has 4 heteroatoms. The quantitative estimate of drug-likeness (QED) is 0.589. The Labute approximate surface area is 176 Å². The second-order valence-corrected chi connectivity index (χ2v) is 8.26. The summed E-state index contributed by atoms with van der Waals surface area (Å²) in [7, 11) is 1.61. The lowest BCUT2D eigenvalue weighted by molar-refractivity contribution is -0.116. The lowest BCUT2D eigenvalue weighted by atomic mass is 9.82. The molecule has 0 atom stereocenters. The van der Waals surface area contributed by atoms with Gasteiger partial charge >= 0.3 is 0 Å². The van der Waals surface area contributed by atoms with Crippen LogP contribution in [0.4, 0.5) is 5.69 Å². The van der Waals surface area contributed by atoms with E-state index in [0.29, 0.717) is 18.6 Å². The molecule has 1 amide bonds. The van der Waals surface area contributed by atoms with E-state index in [4.69, 9.17) is 4.74 Å². The molecule has 0 radical (unpaired) electrons. The van der Waals surface area contributed by atoms with Crippen molar-refractivity contribution in [3.63, 3.8) is 0 Å². The average Bonchev–Trinajstić information content (AvgIpc) is 2.68. The van der Waals surface area contributed by atoms with Crippen molar-refractivity contribution in [1.82, 2.24) is 0 Å². The Balaban J connectivity index is 0.00000204. The van der Waals surface area contributed by atoms with Crippen LogP contribution in [0.25, 0.3) is 0 Å². The largest absolute Gasteiger partial charge is 0.507 e. The molecule has 2 N–H and O–H groups in total. The van der Waals surface area contributed by atoms with Crippen LogP contribution in [0.2, 0.25) is 0 Å². The monoisotopic (exact) mass is 399 g/mol. The number of anilines is 1. The lowest BCUT2D eigenvalue weighted by Gasteiger charge is -2.24. The number of nitrogens with one attached hydrogen (secondary N) is 1. The second kappa shape index (κ2) is 10.9. The van der Waals surface area contributed by atoms with Crippen LogP contribution >= 0.6 is 0 Å². The summed E-state index contributed by atoms with van der Waals surface area (Å²) < 4.78 is 5.13. The van der Waals surface area contributed by atoms with Crippen molar-refractivity contribution >= 4 is 11.6 Å². The number of methoxy groups -OCH3 is 1. The number of phenolic OH excluding ortho intramolecular Hbond substituents is 1. The molecule has 2 aromatic rings. The van der Waals surface area contributed by atoms with Gasteiger partial charge in [0.2, 0.25) is 5.91 Å². The number of aromatic hydroxyl groups is 1. The number of rotatable bonds is 6. The molecule has 0 saturated carbocycles. The fraction of sp³-hybridized carbons (Fsp3) is 0.480. The van der Waals surface area contributed by atoms with Crippen LogP contribution in [0, 0.1) is 0 Å². The van der Waals surface area contributed by atoms with Gasteiger partial charge in [-0.2, -0.15) is 0 Å². The predicted molar refractivity (Wildman–Crippen MR) is 122 cm³/mol. The van der Waals surface area contributed by atoms with Gasteiger partial charge in [-0.05, 0) is 58.7 Å². The number of aryl methyl sites for hydroxylation is 1. The van der Waals surface area contributed by atoms with E-state index in [-0.39, 0.29) is 17.2 Å². The molecule has 0 saturated heterocycles. The number of phenols is 1. The maximum atomic E-state index is 12.3. The Bertz CT molecular complexity index is 787. The Morgan fingerprint density at radius 1 is 1.10 bits per heavy atom. The summed E-state index contributed by atoms with van der Waals surface area (Å²) in [6.07, 6.45) is 1.02. The van der Waals surface area contributed by atoms with Crippen molar-refractivity contribution in [2.45, 2.75) is 72.6 Å². The molecule has 2 aromatic carbocycles. The molecule has 0 aliphatic heterocycles. The zero-order chi connectivity index (χ0) is 22.2.